The topological polar surface area (TPSA) is 85.2 Å². The number of aryl methyl sites for hydroxylation is 1. The number of aromatic nitrogens is 2. The quantitative estimate of drug-likeness (QED) is 0.540. The van der Waals surface area contributed by atoms with E-state index in [2.05, 4.69) is 27.9 Å². The van der Waals surface area contributed by atoms with E-state index in [9.17, 15) is 9.59 Å². The molecule has 1 aromatic heterocycles. The fourth-order valence-corrected chi connectivity index (χ4v) is 3.68. The van der Waals surface area contributed by atoms with Crippen LogP contribution < -0.4 is 15.4 Å². The van der Waals surface area contributed by atoms with Gasteiger partial charge >= 0.3 is 0 Å². The Bertz CT molecular complexity index is 1060. The van der Waals surface area contributed by atoms with Gasteiger partial charge in [-0.2, -0.15) is 5.10 Å². The third-order valence-corrected chi connectivity index (χ3v) is 5.45. The van der Waals surface area contributed by atoms with Crippen molar-refractivity contribution in [2.45, 2.75) is 46.3 Å². The maximum Gasteiger partial charge on any atom is 0.222 e. The number of rotatable bonds is 9. The first-order chi connectivity index (χ1) is 15.4. The van der Waals surface area contributed by atoms with Crippen molar-refractivity contribution >= 4 is 11.8 Å². The third kappa shape index (κ3) is 5.97. The molecule has 0 spiro atoms. The Morgan fingerprint density at radius 3 is 2.38 bits per heavy atom. The molecule has 0 radical (unpaired) electrons. The van der Waals surface area contributed by atoms with Gasteiger partial charge in [0.2, 0.25) is 11.8 Å². The monoisotopic (exact) mass is 434 g/mol. The molecule has 168 valence electrons. The van der Waals surface area contributed by atoms with Crippen LogP contribution in [-0.2, 0) is 22.7 Å². The summed E-state index contributed by atoms with van der Waals surface area (Å²) in [6, 6.07) is 17.1. The smallest absolute Gasteiger partial charge is 0.222 e. The van der Waals surface area contributed by atoms with Crippen LogP contribution in [0, 0.1) is 13.8 Å². The Morgan fingerprint density at radius 1 is 1.06 bits per heavy atom. The van der Waals surface area contributed by atoms with Crippen molar-refractivity contribution in [2.75, 3.05) is 7.11 Å². The molecule has 0 fully saturated rings. The Balaban J connectivity index is 1.65. The number of hydrogen-bond acceptors (Lipinski definition) is 4. The summed E-state index contributed by atoms with van der Waals surface area (Å²) in [5.41, 5.74) is 4.95. The van der Waals surface area contributed by atoms with Crippen molar-refractivity contribution in [1.29, 1.82) is 0 Å². The highest BCUT2D eigenvalue weighted by molar-refractivity contribution is 5.79. The van der Waals surface area contributed by atoms with E-state index in [0.717, 1.165) is 28.3 Å². The van der Waals surface area contributed by atoms with Gasteiger partial charge in [-0.05, 0) is 37.1 Å². The Hall–Kier alpha value is -3.61. The average molecular weight is 435 g/mol. The number of hydrogen-bond donors (Lipinski definition) is 2. The lowest BCUT2D eigenvalue weighted by Gasteiger charge is -2.18. The highest BCUT2D eigenvalue weighted by atomic mass is 16.5. The molecule has 2 amide bonds. The van der Waals surface area contributed by atoms with Crippen LogP contribution >= 0.6 is 0 Å². The molecule has 0 aliphatic heterocycles. The number of nitrogens with zero attached hydrogens (tertiary/aromatic N) is 2. The molecule has 3 rings (SSSR count). The van der Waals surface area contributed by atoms with Gasteiger partial charge in [0.15, 0.2) is 0 Å². The first kappa shape index (κ1) is 23.1. The third-order valence-electron chi connectivity index (χ3n) is 5.45. The lowest BCUT2D eigenvalue weighted by molar-refractivity contribution is -0.122. The molecule has 0 saturated carbocycles. The van der Waals surface area contributed by atoms with Crippen LogP contribution in [0.5, 0.6) is 5.75 Å². The first-order valence-corrected chi connectivity index (χ1v) is 10.6. The maximum atomic E-state index is 12.7. The molecule has 1 atom stereocenters. The second kappa shape index (κ2) is 10.6. The minimum absolute atomic E-state index is 0.141. The molecule has 0 aliphatic rings. The Labute approximate surface area is 188 Å². The summed E-state index contributed by atoms with van der Waals surface area (Å²) in [5, 5.41) is 10.5. The van der Waals surface area contributed by atoms with Gasteiger partial charge in [0.05, 0.1) is 31.8 Å². The van der Waals surface area contributed by atoms with E-state index in [1.807, 2.05) is 61.0 Å². The number of amides is 2. The number of carbonyl (C=O) groups is 2. The predicted octanol–water partition coefficient (Wildman–Crippen LogP) is 3.44. The zero-order valence-corrected chi connectivity index (χ0v) is 19.0. The van der Waals surface area contributed by atoms with Crippen LogP contribution in [0.4, 0.5) is 0 Å². The summed E-state index contributed by atoms with van der Waals surface area (Å²) in [4.78, 5) is 24.4. The molecule has 1 unspecified atom stereocenters. The van der Waals surface area contributed by atoms with Crippen LogP contribution in [0.25, 0.3) is 0 Å². The maximum absolute atomic E-state index is 12.7. The van der Waals surface area contributed by atoms with Crippen molar-refractivity contribution in [3.8, 4) is 5.75 Å². The molecule has 0 saturated heterocycles. The van der Waals surface area contributed by atoms with Crippen LogP contribution in [-0.4, -0.2) is 28.7 Å². The van der Waals surface area contributed by atoms with Crippen molar-refractivity contribution in [3.63, 3.8) is 0 Å². The molecule has 0 bridgehead atoms. The molecule has 32 heavy (non-hydrogen) atoms. The molecule has 1 heterocycles. The van der Waals surface area contributed by atoms with E-state index >= 15 is 0 Å². The molecule has 7 heteroatoms. The van der Waals surface area contributed by atoms with Gasteiger partial charge in [0, 0.05) is 24.7 Å². The van der Waals surface area contributed by atoms with Crippen molar-refractivity contribution in [3.05, 3.63) is 82.7 Å². The van der Waals surface area contributed by atoms with Crippen molar-refractivity contribution in [2.24, 2.45) is 0 Å². The highest BCUT2D eigenvalue weighted by Crippen LogP contribution is 2.21. The number of nitrogens with one attached hydrogen (secondary N) is 2. The largest absolute Gasteiger partial charge is 0.497 e. The minimum Gasteiger partial charge on any atom is -0.497 e. The lowest BCUT2D eigenvalue weighted by Crippen LogP contribution is -2.32. The number of methoxy groups -OCH3 is 1. The summed E-state index contributed by atoms with van der Waals surface area (Å²) < 4.78 is 7.15. The standard InChI is InChI=1S/C25H30N4O3/c1-17-23(18(2)29(28-17)16-20-8-6-5-7-9-20)15-26-25(31)14-24(27-19(3)30)21-10-12-22(32-4)13-11-21/h5-13,24H,14-16H2,1-4H3,(H,26,31)(H,27,30). The zero-order chi connectivity index (χ0) is 23.1. The summed E-state index contributed by atoms with van der Waals surface area (Å²) in [6.45, 7) is 6.49. The molecule has 3 aromatic rings. The van der Waals surface area contributed by atoms with Gasteiger partial charge < -0.3 is 15.4 Å². The highest BCUT2D eigenvalue weighted by Gasteiger charge is 2.18. The van der Waals surface area contributed by atoms with Crippen LogP contribution in [0.1, 0.15) is 47.5 Å². The van der Waals surface area contributed by atoms with E-state index in [4.69, 9.17) is 4.74 Å². The van der Waals surface area contributed by atoms with Gasteiger partial charge in [-0.25, -0.2) is 0 Å². The predicted molar refractivity (Wildman–Crippen MR) is 123 cm³/mol. The van der Waals surface area contributed by atoms with E-state index in [1.165, 1.54) is 12.5 Å². The van der Waals surface area contributed by atoms with Crippen molar-refractivity contribution < 1.29 is 14.3 Å². The van der Waals surface area contributed by atoms with Crippen LogP contribution in [0.2, 0.25) is 0 Å². The van der Waals surface area contributed by atoms with E-state index < -0.39 is 6.04 Å². The number of ether oxygens (including phenoxy) is 1. The molecule has 2 N–H and O–H groups in total. The minimum atomic E-state index is -0.415. The summed E-state index contributed by atoms with van der Waals surface area (Å²) in [6.07, 6.45) is 0.141. The Kier molecular flexibility index (Phi) is 7.65. The van der Waals surface area contributed by atoms with Crippen molar-refractivity contribution in [1.82, 2.24) is 20.4 Å². The van der Waals surface area contributed by atoms with E-state index in [1.54, 1.807) is 7.11 Å². The van der Waals surface area contributed by atoms with E-state index in [0.29, 0.717) is 13.1 Å². The normalized spacial score (nSPS) is 11.6. The van der Waals surface area contributed by atoms with Gasteiger partial charge in [-0.3, -0.25) is 14.3 Å². The van der Waals surface area contributed by atoms with Gasteiger partial charge in [0.25, 0.3) is 0 Å². The first-order valence-electron chi connectivity index (χ1n) is 10.6. The fourth-order valence-electron chi connectivity index (χ4n) is 3.68. The fraction of sp³-hybridized carbons (Fsp3) is 0.320. The molecule has 2 aromatic carbocycles. The molecular formula is C25H30N4O3. The molecular weight excluding hydrogens is 404 g/mol. The van der Waals surface area contributed by atoms with Gasteiger partial charge in [0.1, 0.15) is 5.75 Å². The second-order valence-corrected chi connectivity index (χ2v) is 7.80. The number of carbonyl (C=O) groups excluding carboxylic acids is 2. The Morgan fingerprint density at radius 2 is 1.75 bits per heavy atom. The van der Waals surface area contributed by atoms with Gasteiger partial charge in [-0.15, -0.1) is 0 Å². The zero-order valence-electron chi connectivity index (χ0n) is 19.0. The van der Waals surface area contributed by atoms with E-state index in [-0.39, 0.29) is 18.2 Å². The number of benzene rings is 2. The summed E-state index contributed by atoms with van der Waals surface area (Å²) in [7, 11) is 1.60. The molecule has 0 aliphatic carbocycles. The average Bonchev–Trinajstić information content (AvgIpc) is 3.04. The lowest BCUT2D eigenvalue weighted by atomic mass is 10.0. The SMILES string of the molecule is COc1ccc(C(CC(=O)NCc2c(C)nn(Cc3ccccc3)c2C)NC(C)=O)cc1. The van der Waals surface area contributed by atoms with Gasteiger partial charge in [-0.1, -0.05) is 42.5 Å². The second-order valence-electron chi connectivity index (χ2n) is 7.80. The summed E-state index contributed by atoms with van der Waals surface area (Å²) in [5.74, 6) is 0.389. The van der Waals surface area contributed by atoms with Crippen LogP contribution in [0.3, 0.4) is 0 Å². The molecule has 7 nitrogen and oxygen atoms in total. The summed E-state index contributed by atoms with van der Waals surface area (Å²) >= 11 is 0. The van der Waals surface area contributed by atoms with Crippen LogP contribution in [0.15, 0.2) is 54.6 Å².